The highest BCUT2D eigenvalue weighted by Gasteiger charge is 2.28. The van der Waals surface area contributed by atoms with Gasteiger partial charge in [-0.25, -0.2) is 9.78 Å². The van der Waals surface area contributed by atoms with Crippen LogP contribution in [0.2, 0.25) is 0 Å². The highest BCUT2D eigenvalue weighted by atomic mass is 31.2. The topological polar surface area (TPSA) is 80.3 Å². The molecule has 0 bridgehead atoms. The number of carbonyl (C=O) groups excluding carboxylic acids is 1. The maximum Gasteiger partial charge on any atom is 0.387 e. The van der Waals surface area contributed by atoms with Crippen molar-refractivity contribution in [2.75, 3.05) is 26.0 Å². The maximum atomic E-state index is 12.3. The second-order valence-corrected chi connectivity index (χ2v) is 8.06. The minimum Gasteiger partial charge on any atom is -0.465 e. The van der Waals surface area contributed by atoms with Gasteiger partial charge in [-0.15, -0.1) is 9.35 Å². The van der Waals surface area contributed by atoms with E-state index in [-0.39, 0.29) is 32.0 Å². The lowest BCUT2D eigenvalue weighted by Gasteiger charge is -2.15. The Balaban J connectivity index is 3.71. The molecule has 0 aliphatic rings. The van der Waals surface area contributed by atoms with Gasteiger partial charge in [0.15, 0.2) is 0 Å². The van der Waals surface area contributed by atoms with Crippen LogP contribution in [-0.2, 0) is 33.2 Å². The van der Waals surface area contributed by atoms with Crippen LogP contribution in [0.3, 0.4) is 0 Å². The van der Waals surface area contributed by atoms with Gasteiger partial charge in [0.1, 0.15) is 6.61 Å². The van der Waals surface area contributed by atoms with Crippen molar-refractivity contribution >= 4 is 13.6 Å². The van der Waals surface area contributed by atoms with Crippen LogP contribution in [0.1, 0.15) is 85.0 Å². The Hall–Kier alpha value is -0.460. The second-order valence-electron chi connectivity index (χ2n) is 6.10. The van der Waals surface area contributed by atoms with Crippen LogP contribution in [0.25, 0.3) is 0 Å². The summed E-state index contributed by atoms with van der Waals surface area (Å²) in [6.07, 6.45) is 11.0. The van der Waals surface area contributed by atoms with Crippen molar-refractivity contribution < 1.29 is 33.2 Å². The van der Waals surface area contributed by atoms with E-state index in [1.807, 2.05) is 0 Å². The first-order valence-electron chi connectivity index (χ1n) is 9.95. The van der Waals surface area contributed by atoms with Crippen molar-refractivity contribution in [3.63, 3.8) is 0 Å². The molecule has 0 amide bonds. The highest BCUT2D eigenvalue weighted by molar-refractivity contribution is 7.53. The molecule has 26 heavy (non-hydrogen) atoms. The molecule has 8 heteroatoms. The predicted molar refractivity (Wildman–Crippen MR) is 101 cm³/mol. The summed E-state index contributed by atoms with van der Waals surface area (Å²) in [6, 6.07) is 0. The number of ether oxygens (including phenoxy) is 1. The van der Waals surface area contributed by atoms with Crippen LogP contribution in [0.15, 0.2) is 0 Å². The minimum absolute atomic E-state index is 0.0618. The number of hydrogen-bond acceptors (Lipinski definition) is 7. The van der Waals surface area contributed by atoms with Gasteiger partial charge in [-0.05, 0) is 20.3 Å². The van der Waals surface area contributed by atoms with Crippen molar-refractivity contribution in [3.05, 3.63) is 0 Å². The van der Waals surface area contributed by atoms with Crippen LogP contribution in [0, 0.1) is 0 Å². The third-order valence-electron chi connectivity index (χ3n) is 3.68. The normalized spacial score (nSPS) is 11.7. The molecule has 0 aromatic carbocycles. The van der Waals surface area contributed by atoms with E-state index in [1.165, 1.54) is 38.5 Å². The molecule has 0 N–H and O–H groups in total. The first-order valence-corrected chi connectivity index (χ1v) is 11.7. The van der Waals surface area contributed by atoms with E-state index in [0.717, 1.165) is 19.3 Å². The number of esters is 1. The van der Waals surface area contributed by atoms with E-state index in [4.69, 9.17) is 14.1 Å². The molecule has 0 spiro atoms. The van der Waals surface area contributed by atoms with Crippen molar-refractivity contribution in [2.45, 2.75) is 85.0 Å². The average Bonchev–Trinajstić information content (AvgIpc) is 2.63. The van der Waals surface area contributed by atoms with E-state index in [0.29, 0.717) is 6.42 Å². The average molecular weight is 396 g/mol. The lowest BCUT2D eigenvalue weighted by molar-refractivity contribution is -0.263. The highest BCUT2D eigenvalue weighted by Crippen LogP contribution is 2.48. The van der Waals surface area contributed by atoms with Gasteiger partial charge < -0.3 is 4.74 Å². The second kappa shape index (κ2) is 17.9. The lowest BCUT2D eigenvalue weighted by atomic mass is 10.1. The first-order chi connectivity index (χ1) is 12.6. The molecule has 0 aromatic heterocycles. The third kappa shape index (κ3) is 15.8. The summed E-state index contributed by atoms with van der Waals surface area (Å²) >= 11 is 0. The molecule has 0 radical (unpaired) electrons. The molecule has 0 heterocycles. The summed E-state index contributed by atoms with van der Waals surface area (Å²) < 4.78 is 26.8. The van der Waals surface area contributed by atoms with Gasteiger partial charge in [-0.2, -0.15) is 0 Å². The van der Waals surface area contributed by atoms with Gasteiger partial charge in [-0.3, -0.25) is 9.36 Å². The summed E-state index contributed by atoms with van der Waals surface area (Å²) in [5.74, 6) is -0.299. The molecule has 0 aliphatic heterocycles. The molecule has 0 unspecified atom stereocenters. The molecule has 0 saturated carbocycles. The Bertz CT molecular complexity index is 365. The summed E-state index contributed by atoms with van der Waals surface area (Å²) in [7, 11) is -3.58. The zero-order valence-corrected chi connectivity index (χ0v) is 17.6. The fraction of sp³-hybridized carbons (Fsp3) is 0.944. The maximum absolute atomic E-state index is 12.3. The predicted octanol–water partition coefficient (Wildman–Crippen LogP) is 5.58. The number of rotatable bonds is 19. The summed E-state index contributed by atoms with van der Waals surface area (Å²) in [5.41, 5.74) is 0. The van der Waals surface area contributed by atoms with Crippen LogP contribution in [-0.4, -0.2) is 32.0 Å². The summed E-state index contributed by atoms with van der Waals surface area (Å²) in [5, 5.41) is 0. The number of carbonyl (C=O) groups is 1. The fourth-order valence-corrected chi connectivity index (χ4v) is 3.30. The Morgan fingerprint density at radius 1 is 0.769 bits per heavy atom. The van der Waals surface area contributed by atoms with Crippen molar-refractivity contribution in [3.8, 4) is 0 Å². The third-order valence-corrected chi connectivity index (χ3v) is 5.08. The Labute approximate surface area is 158 Å². The van der Waals surface area contributed by atoms with Gasteiger partial charge in [-0.1, -0.05) is 58.3 Å². The van der Waals surface area contributed by atoms with Gasteiger partial charge in [0.05, 0.1) is 19.4 Å². The molecule has 0 atom stereocenters. The minimum atomic E-state index is -3.58. The van der Waals surface area contributed by atoms with Crippen LogP contribution < -0.4 is 0 Å². The van der Waals surface area contributed by atoms with E-state index in [2.05, 4.69) is 16.7 Å². The van der Waals surface area contributed by atoms with Crippen molar-refractivity contribution in [2.24, 2.45) is 0 Å². The van der Waals surface area contributed by atoms with Gasteiger partial charge in [0.25, 0.3) is 0 Å². The van der Waals surface area contributed by atoms with E-state index in [1.54, 1.807) is 13.8 Å². The smallest absolute Gasteiger partial charge is 0.387 e. The summed E-state index contributed by atoms with van der Waals surface area (Å²) in [4.78, 5) is 21.1. The Kier molecular flexibility index (Phi) is 17.6. The molecule has 0 aromatic rings. The van der Waals surface area contributed by atoms with Crippen molar-refractivity contribution in [1.29, 1.82) is 0 Å². The molecular formula is C18H37O7P. The molecule has 7 nitrogen and oxygen atoms in total. The molecule has 0 rings (SSSR count). The standard InChI is InChI=1S/C18H37O7P/c1-4-7-8-9-10-11-12-13-14-15-18(19)21-16-17-26(20,24-22-5-2)25-23-6-3/h4-17H2,1-3H3. The van der Waals surface area contributed by atoms with E-state index < -0.39 is 7.60 Å². The van der Waals surface area contributed by atoms with Gasteiger partial charge >= 0.3 is 13.6 Å². The molecular weight excluding hydrogens is 359 g/mol. The number of hydrogen-bond donors (Lipinski definition) is 0. The SMILES string of the molecule is CCCCCCCCCCCC(=O)OCCP(=O)(OOCC)OOCC. The molecule has 156 valence electrons. The largest absolute Gasteiger partial charge is 0.465 e. The van der Waals surface area contributed by atoms with Crippen molar-refractivity contribution in [1.82, 2.24) is 0 Å². The van der Waals surface area contributed by atoms with E-state index >= 15 is 0 Å². The summed E-state index contributed by atoms with van der Waals surface area (Å²) in [6.45, 7) is 5.98. The zero-order valence-electron chi connectivity index (χ0n) is 16.7. The quantitative estimate of drug-likeness (QED) is 0.0927. The fourth-order valence-electron chi connectivity index (χ4n) is 2.28. The number of unbranched alkanes of at least 4 members (excludes halogenated alkanes) is 8. The van der Waals surface area contributed by atoms with Crippen LogP contribution in [0.5, 0.6) is 0 Å². The van der Waals surface area contributed by atoms with Gasteiger partial charge in [0.2, 0.25) is 0 Å². The van der Waals surface area contributed by atoms with Crippen LogP contribution in [0.4, 0.5) is 0 Å². The van der Waals surface area contributed by atoms with Crippen LogP contribution >= 0.6 is 7.60 Å². The first kappa shape index (κ1) is 25.5. The Morgan fingerprint density at radius 2 is 1.27 bits per heavy atom. The Morgan fingerprint density at radius 3 is 1.77 bits per heavy atom. The lowest BCUT2D eigenvalue weighted by Crippen LogP contribution is -2.11. The zero-order chi connectivity index (χ0) is 19.5. The molecule has 0 aliphatic carbocycles. The van der Waals surface area contributed by atoms with Gasteiger partial charge in [0, 0.05) is 6.42 Å². The van der Waals surface area contributed by atoms with E-state index in [9.17, 15) is 9.36 Å². The molecule has 0 saturated heterocycles. The monoisotopic (exact) mass is 396 g/mol. The molecule has 0 fully saturated rings.